The summed E-state index contributed by atoms with van der Waals surface area (Å²) < 4.78 is 7.27. The molecular weight excluding hydrogens is 348 g/mol. The maximum Gasteiger partial charge on any atom is 0.0791 e. The molecule has 1 aromatic carbocycles. The zero-order valence-corrected chi connectivity index (χ0v) is 13.5. The summed E-state index contributed by atoms with van der Waals surface area (Å²) in [5.41, 5.74) is 0.725. The fourth-order valence-electron chi connectivity index (χ4n) is 1.52. The third kappa shape index (κ3) is 5.08. The SMILES string of the molecule is COC(C)(C)CCC(O)c1cc(Br)cc(Br)c1. The second-order valence-corrected chi connectivity index (χ2v) is 6.55. The highest BCUT2D eigenvalue weighted by atomic mass is 79.9. The van der Waals surface area contributed by atoms with Crippen LogP contribution < -0.4 is 0 Å². The minimum Gasteiger partial charge on any atom is -0.388 e. The lowest BCUT2D eigenvalue weighted by Gasteiger charge is -2.24. The molecule has 1 rings (SSSR count). The highest BCUT2D eigenvalue weighted by Gasteiger charge is 2.19. The minimum absolute atomic E-state index is 0.190. The topological polar surface area (TPSA) is 29.5 Å². The van der Waals surface area contributed by atoms with Crippen molar-refractivity contribution < 1.29 is 9.84 Å². The number of hydrogen-bond donors (Lipinski definition) is 1. The number of halogens is 2. The van der Waals surface area contributed by atoms with E-state index < -0.39 is 6.10 Å². The van der Waals surface area contributed by atoms with Crippen LogP contribution >= 0.6 is 31.9 Å². The van der Waals surface area contributed by atoms with Gasteiger partial charge < -0.3 is 9.84 Å². The van der Waals surface area contributed by atoms with Gasteiger partial charge in [0.05, 0.1) is 11.7 Å². The molecule has 0 aromatic heterocycles. The standard InChI is InChI=1S/C13H18Br2O2/c1-13(2,17-3)5-4-12(16)9-6-10(14)8-11(15)7-9/h6-8,12,16H,4-5H2,1-3H3. The van der Waals surface area contributed by atoms with E-state index in [2.05, 4.69) is 31.9 Å². The molecule has 0 saturated heterocycles. The predicted octanol–water partition coefficient (Wildman–Crippen LogP) is 4.45. The Morgan fingerprint density at radius 2 is 1.76 bits per heavy atom. The first-order valence-electron chi connectivity index (χ1n) is 5.53. The molecule has 0 aliphatic carbocycles. The van der Waals surface area contributed by atoms with E-state index in [1.54, 1.807) is 7.11 Å². The Morgan fingerprint density at radius 1 is 1.24 bits per heavy atom. The maximum absolute atomic E-state index is 10.1. The van der Waals surface area contributed by atoms with Gasteiger partial charge in [-0.15, -0.1) is 0 Å². The summed E-state index contributed by atoms with van der Waals surface area (Å²) in [6, 6.07) is 5.83. The molecule has 1 N–H and O–H groups in total. The molecule has 1 aromatic rings. The summed E-state index contributed by atoms with van der Waals surface area (Å²) >= 11 is 6.84. The summed E-state index contributed by atoms with van der Waals surface area (Å²) in [5.74, 6) is 0. The average Bonchev–Trinajstić information content (AvgIpc) is 2.24. The van der Waals surface area contributed by atoms with Crippen LogP contribution in [0.4, 0.5) is 0 Å². The Kier molecular flexibility index (Phi) is 5.64. The lowest BCUT2D eigenvalue weighted by atomic mass is 9.97. The van der Waals surface area contributed by atoms with E-state index in [1.807, 2.05) is 32.0 Å². The van der Waals surface area contributed by atoms with E-state index in [-0.39, 0.29) is 5.60 Å². The van der Waals surface area contributed by atoms with Crippen molar-refractivity contribution in [2.45, 2.75) is 38.4 Å². The Labute approximate surface area is 120 Å². The fourth-order valence-corrected chi connectivity index (χ4v) is 2.85. The maximum atomic E-state index is 10.1. The molecule has 0 fully saturated rings. The van der Waals surface area contributed by atoms with Gasteiger partial charge in [0, 0.05) is 16.1 Å². The van der Waals surface area contributed by atoms with Crippen LogP contribution in [0.15, 0.2) is 27.1 Å². The first kappa shape index (κ1) is 15.2. The molecule has 0 radical (unpaired) electrons. The van der Waals surface area contributed by atoms with Crippen molar-refractivity contribution in [1.82, 2.24) is 0 Å². The molecule has 0 spiro atoms. The van der Waals surface area contributed by atoms with Crippen LogP contribution in [0.3, 0.4) is 0 Å². The molecule has 0 bridgehead atoms. The Balaban J connectivity index is 2.67. The van der Waals surface area contributed by atoms with Crippen molar-refractivity contribution in [2.75, 3.05) is 7.11 Å². The largest absolute Gasteiger partial charge is 0.388 e. The molecule has 0 amide bonds. The molecule has 96 valence electrons. The molecule has 1 atom stereocenters. The second kappa shape index (κ2) is 6.32. The molecular formula is C13H18Br2O2. The first-order valence-corrected chi connectivity index (χ1v) is 7.12. The number of benzene rings is 1. The van der Waals surface area contributed by atoms with Gasteiger partial charge in [0.1, 0.15) is 0 Å². The Hall–Kier alpha value is 0.1000. The highest BCUT2D eigenvalue weighted by molar-refractivity contribution is 9.11. The molecule has 1 unspecified atom stereocenters. The van der Waals surface area contributed by atoms with Crippen molar-refractivity contribution in [3.63, 3.8) is 0 Å². The van der Waals surface area contributed by atoms with Gasteiger partial charge in [0.15, 0.2) is 0 Å². The molecule has 0 heterocycles. The van der Waals surface area contributed by atoms with Crippen molar-refractivity contribution in [3.05, 3.63) is 32.7 Å². The normalized spacial score (nSPS) is 13.8. The smallest absolute Gasteiger partial charge is 0.0791 e. The predicted molar refractivity (Wildman–Crippen MR) is 77.1 cm³/mol. The number of ether oxygens (including phenoxy) is 1. The van der Waals surface area contributed by atoms with Crippen LogP contribution in [-0.4, -0.2) is 17.8 Å². The van der Waals surface area contributed by atoms with Gasteiger partial charge in [-0.1, -0.05) is 31.9 Å². The van der Waals surface area contributed by atoms with E-state index in [0.717, 1.165) is 20.9 Å². The quantitative estimate of drug-likeness (QED) is 0.835. The average molecular weight is 366 g/mol. The minimum atomic E-state index is -0.460. The van der Waals surface area contributed by atoms with Crippen molar-refractivity contribution >= 4 is 31.9 Å². The molecule has 17 heavy (non-hydrogen) atoms. The van der Waals surface area contributed by atoms with Gasteiger partial charge in [0.2, 0.25) is 0 Å². The summed E-state index contributed by atoms with van der Waals surface area (Å²) in [6.45, 7) is 4.05. The van der Waals surface area contributed by atoms with Gasteiger partial charge in [-0.3, -0.25) is 0 Å². The van der Waals surface area contributed by atoms with E-state index in [4.69, 9.17) is 4.74 Å². The lowest BCUT2D eigenvalue weighted by Crippen LogP contribution is -2.23. The van der Waals surface area contributed by atoms with Crippen molar-refractivity contribution in [3.8, 4) is 0 Å². The number of rotatable bonds is 5. The van der Waals surface area contributed by atoms with Crippen LogP contribution in [0, 0.1) is 0 Å². The fraction of sp³-hybridized carbons (Fsp3) is 0.538. The summed E-state index contributed by atoms with van der Waals surface area (Å²) in [5, 5.41) is 10.1. The zero-order valence-electron chi connectivity index (χ0n) is 10.3. The number of methoxy groups -OCH3 is 1. The number of hydrogen-bond acceptors (Lipinski definition) is 2. The van der Waals surface area contributed by atoms with Gasteiger partial charge in [-0.05, 0) is 50.5 Å². The highest BCUT2D eigenvalue weighted by Crippen LogP contribution is 2.28. The van der Waals surface area contributed by atoms with Crippen LogP contribution in [0.5, 0.6) is 0 Å². The number of aliphatic hydroxyl groups is 1. The molecule has 4 heteroatoms. The Morgan fingerprint density at radius 3 is 2.24 bits per heavy atom. The third-order valence-electron chi connectivity index (χ3n) is 2.84. The Bertz CT molecular complexity index is 357. The van der Waals surface area contributed by atoms with Gasteiger partial charge in [0.25, 0.3) is 0 Å². The van der Waals surface area contributed by atoms with Crippen LogP contribution in [0.25, 0.3) is 0 Å². The van der Waals surface area contributed by atoms with Crippen LogP contribution in [0.1, 0.15) is 38.4 Å². The van der Waals surface area contributed by atoms with Gasteiger partial charge in [-0.25, -0.2) is 0 Å². The second-order valence-electron chi connectivity index (χ2n) is 4.72. The monoisotopic (exact) mass is 364 g/mol. The zero-order chi connectivity index (χ0) is 13.1. The van der Waals surface area contributed by atoms with Gasteiger partial charge >= 0.3 is 0 Å². The number of aliphatic hydroxyl groups excluding tert-OH is 1. The third-order valence-corrected chi connectivity index (χ3v) is 3.76. The first-order chi connectivity index (χ1) is 7.84. The molecule has 2 nitrogen and oxygen atoms in total. The summed E-state index contributed by atoms with van der Waals surface area (Å²) in [6.07, 6.45) is 1.04. The van der Waals surface area contributed by atoms with E-state index in [9.17, 15) is 5.11 Å². The van der Waals surface area contributed by atoms with Crippen LogP contribution in [0.2, 0.25) is 0 Å². The molecule has 0 aliphatic heterocycles. The van der Waals surface area contributed by atoms with E-state index in [0.29, 0.717) is 6.42 Å². The lowest BCUT2D eigenvalue weighted by molar-refractivity contribution is 0.00278. The summed E-state index contributed by atoms with van der Waals surface area (Å²) in [4.78, 5) is 0. The van der Waals surface area contributed by atoms with Crippen molar-refractivity contribution in [2.24, 2.45) is 0 Å². The summed E-state index contributed by atoms with van der Waals surface area (Å²) in [7, 11) is 1.70. The van der Waals surface area contributed by atoms with Gasteiger partial charge in [-0.2, -0.15) is 0 Å². The van der Waals surface area contributed by atoms with E-state index in [1.165, 1.54) is 0 Å². The molecule has 0 aliphatic rings. The van der Waals surface area contributed by atoms with Crippen LogP contribution in [-0.2, 0) is 4.74 Å². The van der Waals surface area contributed by atoms with Crippen molar-refractivity contribution in [1.29, 1.82) is 0 Å². The molecule has 0 saturated carbocycles. The van der Waals surface area contributed by atoms with E-state index >= 15 is 0 Å².